The highest BCUT2D eigenvalue weighted by Crippen LogP contribution is 2.21. The first kappa shape index (κ1) is 14.5. The van der Waals surface area contributed by atoms with E-state index < -0.39 is 0 Å². The molecular formula is C15H20FN3O. The lowest BCUT2D eigenvalue weighted by Crippen LogP contribution is -2.17. The van der Waals surface area contributed by atoms with Crippen LogP contribution in [0.3, 0.4) is 0 Å². The smallest absolute Gasteiger partial charge is 0.170 e. The lowest BCUT2D eigenvalue weighted by atomic mass is 10.2. The molecule has 0 saturated carbocycles. The summed E-state index contributed by atoms with van der Waals surface area (Å²) < 4.78 is 20.8. The molecule has 0 aliphatic rings. The van der Waals surface area contributed by atoms with E-state index in [2.05, 4.69) is 24.3 Å². The minimum absolute atomic E-state index is 0.240. The van der Waals surface area contributed by atoms with Crippen LogP contribution in [0.25, 0.3) is 0 Å². The van der Waals surface area contributed by atoms with Crippen LogP contribution in [-0.4, -0.2) is 23.4 Å². The molecule has 1 N–H and O–H groups in total. The van der Waals surface area contributed by atoms with Gasteiger partial charge in [-0.1, -0.05) is 19.1 Å². The average molecular weight is 277 g/mol. The topological polar surface area (TPSA) is 39.1 Å². The maximum absolute atomic E-state index is 14.1. The van der Waals surface area contributed by atoms with Crippen LogP contribution in [0.4, 0.5) is 4.39 Å². The second-order valence-electron chi connectivity index (χ2n) is 4.68. The second-order valence-corrected chi connectivity index (χ2v) is 4.68. The summed E-state index contributed by atoms with van der Waals surface area (Å²) in [5, 5.41) is 7.60. The van der Waals surface area contributed by atoms with Crippen molar-refractivity contribution in [2.45, 2.75) is 26.4 Å². The number of hydrogen-bond acceptors (Lipinski definition) is 3. The minimum Gasteiger partial charge on any atom is -0.494 e. The van der Waals surface area contributed by atoms with Gasteiger partial charge in [-0.05, 0) is 19.5 Å². The van der Waals surface area contributed by atoms with Gasteiger partial charge in [0.25, 0.3) is 0 Å². The lowest BCUT2D eigenvalue weighted by molar-refractivity contribution is 0.383. The summed E-state index contributed by atoms with van der Waals surface area (Å²) in [4.78, 5) is 0. The predicted octanol–water partition coefficient (Wildman–Crippen LogP) is 2.75. The molecule has 0 amide bonds. The molecule has 0 saturated heterocycles. The van der Waals surface area contributed by atoms with Crippen LogP contribution < -0.4 is 10.1 Å². The third-order valence-corrected chi connectivity index (χ3v) is 3.26. The number of rotatable bonds is 6. The SMILES string of the molecule is CCNC(C)c1cnn(Cc2cccc(OC)c2F)c1. The zero-order valence-electron chi connectivity index (χ0n) is 12.1. The van der Waals surface area contributed by atoms with Gasteiger partial charge in [0.05, 0.1) is 19.9 Å². The van der Waals surface area contributed by atoms with Crippen molar-refractivity contribution in [2.75, 3.05) is 13.7 Å². The number of halogens is 1. The van der Waals surface area contributed by atoms with Gasteiger partial charge < -0.3 is 10.1 Å². The van der Waals surface area contributed by atoms with Crippen LogP contribution in [-0.2, 0) is 6.54 Å². The van der Waals surface area contributed by atoms with Crippen molar-refractivity contribution in [3.8, 4) is 5.75 Å². The first-order valence-corrected chi connectivity index (χ1v) is 6.72. The fourth-order valence-corrected chi connectivity index (χ4v) is 2.12. The van der Waals surface area contributed by atoms with E-state index in [-0.39, 0.29) is 17.6 Å². The van der Waals surface area contributed by atoms with E-state index in [0.29, 0.717) is 12.1 Å². The van der Waals surface area contributed by atoms with Gasteiger partial charge in [-0.2, -0.15) is 5.10 Å². The Morgan fingerprint density at radius 2 is 2.25 bits per heavy atom. The van der Waals surface area contributed by atoms with Gasteiger partial charge in [-0.3, -0.25) is 4.68 Å². The quantitative estimate of drug-likeness (QED) is 0.882. The normalized spacial score (nSPS) is 12.4. The van der Waals surface area contributed by atoms with Gasteiger partial charge >= 0.3 is 0 Å². The third kappa shape index (κ3) is 3.17. The molecule has 2 rings (SSSR count). The molecule has 0 bridgehead atoms. The van der Waals surface area contributed by atoms with Crippen LogP contribution in [0, 0.1) is 5.82 Å². The van der Waals surface area contributed by atoms with Gasteiger partial charge in [0.15, 0.2) is 11.6 Å². The predicted molar refractivity (Wildman–Crippen MR) is 76.4 cm³/mol. The summed E-state index contributed by atoms with van der Waals surface area (Å²) in [6.07, 6.45) is 3.75. The van der Waals surface area contributed by atoms with E-state index in [1.807, 2.05) is 12.4 Å². The number of aromatic nitrogens is 2. The van der Waals surface area contributed by atoms with Crippen molar-refractivity contribution in [1.82, 2.24) is 15.1 Å². The maximum Gasteiger partial charge on any atom is 0.170 e. The standard InChI is InChI=1S/C15H20FN3O/c1-4-17-11(2)13-8-18-19(10-13)9-12-6-5-7-14(20-3)15(12)16/h5-8,10-11,17H,4,9H2,1-3H3. The third-order valence-electron chi connectivity index (χ3n) is 3.26. The minimum atomic E-state index is -0.327. The molecule has 1 aromatic carbocycles. The molecular weight excluding hydrogens is 257 g/mol. The molecule has 0 radical (unpaired) electrons. The van der Waals surface area contributed by atoms with Crippen LogP contribution in [0.5, 0.6) is 5.75 Å². The van der Waals surface area contributed by atoms with Crippen LogP contribution >= 0.6 is 0 Å². The summed E-state index contributed by atoms with van der Waals surface area (Å²) in [5.41, 5.74) is 1.66. The Morgan fingerprint density at radius 3 is 2.95 bits per heavy atom. The van der Waals surface area contributed by atoms with E-state index in [0.717, 1.165) is 12.1 Å². The Morgan fingerprint density at radius 1 is 1.45 bits per heavy atom. The summed E-state index contributed by atoms with van der Waals surface area (Å²) in [7, 11) is 1.46. The largest absolute Gasteiger partial charge is 0.494 e. The number of methoxy groups -OCH3 is 1. The number of hydrogen-bond donors (Lipinski definition) is 1. The Kier molecular flexibility index (Phi) is 4.74. The molecule has 0 fully saturated rings. The molecule has 0 aliphatic heterocycles. The number of ether oxygens (including phenoxy) is 1. The molecule has 5 heteroatoms. The molecule has 1 unspecified atom stereocenters. The highest BCUT2D eigenvalue weighted by atomic mass is 19.1. The van der Waals surface area contributed by atoms with Crippen molar-refractivity contribution in [3.63, 3.8) is 0 Å². The number of benzene rings is 1. The van der Waals surface area contributed by atoms with Gasteiger partial charge in [-0.15, -0.1) is 0 Å². The van der Waals surface area contributed by atoms with E-state index in [9.17, 15) is 4.39 Å². The van der Waals surface area contributed by atoms with E-state index in [1.165, 1.54) is 7.11 Å². The molecule has 2 aromatic rings. The highest BCUT2D eigenvalue weighted by Gasteiger charge is 2.11. The van der Waals surface area contributed by atoms with E-state index in [1.54, 1.807) is 22.9 Å². The summed E-state index contributed by atoms with van der Waals surface area (Å²) in [6, 6.07) is 5.38. The molecule has 1 heterocycles. The van der Waals surface area contributed by atoms with Crippen molar-refractivity contribution in [2.24, 2.45) is 0 Å². The van der Waals surface area contributed by atoms with Crippen LogP contribution in [0.15, 0.2) is 30.6 Å². The zero-order valence-corrected chi connectivity index (χ0v) is 12.1. The molecule has 20 heavy (non-hydrogen) atoms. The second kappa shape index (κ2) is 6.52. The fraction of sp³-hybridized carbons (Fsp3) is 0.400. The number of nitrogens with zero attached hydrogens (tertiary/aromatic N) is 2. The van der Waals surface area contributed by atoms with E-state index >= 15 is 0 Å². The zero-order chi connectivity index (χ0) is 14.5. The lowest BCUT2D eigenvalue weighted by Gasteiger charge is -2.09. The van der Waals surface area contributed by atoms with Crippen molar-refractivity contribution in [1.29, 1.82) is 0 Å². The van der Waals surface area contributed by atoms with Gasteiger partial charge in [0, 0.05) is 23.4 Å². The summed E-state index contributed by atoms with van der Waals surface area (Å²) in [5.74, 6) is -0.0670. The highest BCUT2D eigenvalue weighted by molar-refractivity contribution is 5.31. The Balaban J connectivity index is 2.15. The Labute approximate surface area is 118 Å². The van der Waals surface area contributed by atoms with Gasteiger partial charge in [0.2, 0.25) is 0 Å². The first-order chi connectivity index (χ1) is 9.65. The molecule has 0 spiro atoms. The summed E-state index contributed by atoms with van der Waals surface area (Å²) in [6.45, 7) is 5.43. The van der Waals surface area contributed by atoms with Crippen molar-refractivity contribution in [3.05, 3.63) is 47.5 Å². The maximum atomic E-state index is 14.1. The molecule has 1 atom stereocenters. The molecule has 4 nitrogen and oxygen atoms in total. The van der Waals surface area contributed by atoms with Gasteiger partial charge in [-0.25, -0.2) is 4.39 Å². The summed E-state index contributed by atoms with van der Waals surface area (Å²) >= 11 is 0. The monoisotopic (exact) mass is 277 g/mol. The van der Waals surface area contributed by atoms with Crippen molar-refractivity contribution < 1.29 is 9.13 Å². The van der Waals surface area contributed by atoms with Crippen LogP contribution in [0.2, 0.25) is 0 Å². The average Bonchev–Trinajstić information content (AvgIpc) is 2.90. The Bertz CT molecular complexity index is 568. The molecule has 1 aromatic heterocycles. The number of nitrogens with one attached hydrogen (secondary N) is 1. The van der Waals surface area contributed by atoms with E-state index in [4.69, 9.17) is 4.74 Å². The fourth-order valence-electron chi connectivity index (χ4n) is 2.12. The molecule has 0 aliphatic carbocycles. The van der Waals surface area contributed by atoms with Gasteiger partial charge in [0.1, 0.15) is 0 Å². The van der Waals surface area contributed by atoms with Crippen LogP contribution in [0.1, 0.15) is 31.0 Å². The first-order valence-electron chi connectivity index (χ1n) is 6.72. The molecule has 108 valence electrons. The Hall–Kier alpha value is -1.88. The van der Waals surface area contributed by atoms with Crippen molar-refractivity contribution >= 4 is 0 Å².